The third kappa shape index (κ3) is 4.34. The second-order valence-electron chi connectivity index (χ2n) is 8.07. The van der Waals surface area contributed by atoms with Crippen LogP contribution in [-0.2, 0) is 11.3 Å². The summed E-state index contributed by atoms with van der Waals surface area (Å²) in [5.41, 5.74) is 2.42. The molecule has 1 saturated heterocycles. The fourth-order valence-electron chi connectivity index (χ4n) is 3.84. The summed E-state index contributed by atoms with van der Waals surface area (Å²) in [6.45, 7) is 6.93. The monoisotopic (exact) mass is 367 g/mol. The van der Waals surface area contributed by atoms with Crippen molar-refractivity contribution in [3.8, 4) is 5.75 Å². The van der Waals surface area contributed by atoms with Crippen molar-refractivity contribution < 1.29 is 9.53 Å². The van der Waals surface area contributed by atoms with E-state index in [0.717, 1.165) is 44.1 Å². The molecule has 2 aromatic rings. The molecule has 1 aliphatic heterocycles. The Kier molecular flexibility index (Phi) is 5.19. The van der Waals surface area contributed by atoms with Crippen LogP contribution in [0.15, 0.2) is 30.6 Å². The molecular weight excluding hydrogens is 338 g/mol. The summed E-state index contributed by atoms with van der Waals surface area (Å²) in [5.74, 6) is 3.36. The van der Waals surface area contributed by atoms with Crippen LogP contribution in [0.5, 0.6) is 5.75 Å². The molecule has 2 heterocycles. The number of amides is 1. The van der Waals surface area contributed by atoms with Crippen molar-refractivity contribution in [3.63, 3.8) is 0 Å². The number of imidazole rings is 1. The molecule has 5 heteroatoms. The van der Waals surface area contributed by atoms with Crippen molar-refractivity contribution in [2.24, 2.45) is 5.92 Å². The van der Waals surface area contributed by atoms with Gasteiger partial charge in [0, 0.05) is 37.9 Å². The number of ether oxygens (including phenoxy) is 1. The molecule has 0 N–H and O–H groups in total. The summed E-state index contributed by atoms with van der Waals surface area (Å²) >= 11 is 0. The average molecular weight is 367 g/mol. The van der Waals surface area contributed by atoms with E-state index in [4.69, 9.17) is 4.74 Å². The van der Waals surface area contributed by atoms with Crippen LogP contribution in [0.1, 0.15) is 48.6 Å². The van der Waals surface area contributed by atoms with E-state index in [-0.39, 0.29) is 12.5 Å². The lowest BCUT2D eigenvalue weighted by Gasteiger charge is -2.32. The summed E-state index contributed by atoms with van der Waals surface area (Å²) in [6, 6.07) is 5.96. The number of aryl methyl sites for hydroxylation is 2. The van der Waals surface area contributed by atoms with Crippen LogP contribution in [0.3, 0.4) is 0 Å². The van der Waals surface area contributed by atoms with Crippen LogP contribution in [-0.4, -0.2) is 40.1 Å². The second kappa shape index (κ2) is 7.75. The Morgan fingerprint density at radius 2 is 1.93 bits per heavy atom. The number of hydrogen-bond donors (Lipinski definition) is 0. The Hall–Kier alpha value is -2.30. The van der Waals surface area contributed by atoms with E-state index >= 15 is 0 Å². The highest BCUT2D eigenvalue weighted by atomic mass is 16.5. The fraction of sp³-hybridized carbons (Fsp3) is 0.545. The van der Waals surface area contributed by atoms with Gasteiger partial charge in [-0.15, -0.1) is 0 Å². The van der Waals surface area contributed by atoms with E-state index in [2.05, 4.69) is 29.6 Å². The standard InChI is InChI=1S/C22H29N3O2/c1-16-3-6-20(13-17(16)2)27-15-21(26)24-10-7-19(8-11-24)22-23-9-12-25(22)14-18-4-5-18/h3,6,9,12-13,18-19H,4-5,7-8,10-11,14-15H2,1-2H3. The van der Waals surface area contributed by atoms with Gasteiger partial charge in [-0.3, -0.25) is 4.79 Å². The first-order chi connectivity index (χ1) is 13.1. The molecule has 1 aromatic carbocycles. The molecule has 2 fully saturated rings. The van der Waals surface area contributed by atoms with Gasteiger partial charge in [0.25, 0.3) is 5.91 Å². The van der Waals surface area contributed by atoms with Crippen LogP contribution in [0.2, 0.25) is 0 Å². The third-order valence-electron chi connectivity index (χ3n) is 5.95. The lowest BCUT2D eigenvalue weighted by atomic mass is 9.96. The Balaban J connectivity index is 1.27. The number of benzene rings is 1. The van der Waals surface area contributed by atoms with Crippen LogP contribution >= 0.6 is 0 Å². The van der Waals surface area contributed by atoms with E-state index in [1.165, 1.54) is 29.8 Å². The van der Waals surface area contributed by atoms with Crippen LogP contribution in [0.4, 0.5) is 0 Å². The maximum Gasteiger partial charge on any atom is 0.260 e. The first-order valence-corrected chi connectivity index (χ1v) is 10.1. The molecule has 1 amide bonds. The van der Waals surface area contributed by atoms with Crippen LogP contribution in [0, 0.1) is 19.8 Å². The molecule has 144 valence electrons. The van der Waals surface area contributed by atoms with Gasteiger partial charge in [-0.05, 0) is 68.7 Å². The number of aromatic nitrogens is 2. The molecule has 1 saturated carbocycles. The molecule has 0 spiro atoms. The zero-order chi connectivity index (χ0) is 18.8. The van der Waals surface area contributed by atoms with Gasteiger partial charge in [-0.25, -0.2) is 4.98 Å². The molecule has 0 unspecified atom stereocenters. The minimum atomic E-state index is 0.0769. The maximum atomic E-state index is 12.5. The van der Waals surface area contributed by atoms with Crippen molar-refractivity contribution in [1.82, 2.24) is 14.5 Å². The van der Waals surface area contributed by atoms with E-state index in [0.29, 0.717) is 5.92 Å². The Morgan fingerprint density at radius 3 is 2.63 bits per heavy atom. The Morgan fingerprint density at radius 1 is 1.15 bits per heavy atom. The number of nitrogens with zero attached hydrogens (tertiary/aromatic N) is 3. The normalized spacial score (nSPS) is 17.9. The minimum absolute atomic E-state index is 0.0769. The fourth-order valence-corrected chi connectivity index (χ4v) is 3.84. The van der Waals surface area contributed by atoms with Crippen molar-refractivity contribution >= 4 is 5.91 Å². The van der Waals surface area contributed by atoms with E-state index in [1.54, 1.807) is 0 Å². The highest BCUT2D eigenvalue weighted by molar-refractivity contribution is 5.77. The highest BCUT2D eigenvalue weighted by Gasteiger charge is 2.28. The number of piperidine rings is 1. The summed E-state index contributed by atoms with van der Waals surface area (Å²) in [6.07, 6.45) is 8.71. The van der Waals surface area contributed by atoms with Gasteiger partial charge >= 0.3 is 0 Å². The summed E-state index contributed by atoms with van der Waals surface area (Å²) in [4.78, 5) is 19.1. The predicted molar refractivity (Wildman–Crippen MR) is 105 cm³/mol. The minimum Gasteiger partial charge on any atom is -0.484 e. The second-order valence-corrected chi connectivity index (χ2v) is 8.07. The quantitative estimate of drug-likeness (QED) is 0.782. The zero-order valence-corrected chi connectivity index (χ0v) is 16.4. The van der Waals surface area contributed by atoms with Gasteiger partial charge in [0.15, 0.2) is 6.61 Å². The Bertz CT molecular complexity index is 802. The smallest absolute Gasteiger partial charge is 0.260 e. The Labute approximate surface area is 161 Å². The molecule has 27 heavy (non-hydrogen) atoms. The molecule has 4 rings (SSSR count). The van der Waals surface area contributed by atoms with Gasteiger partial charge in [-0.2, -0.15) is 0 Å². The number of hydrogen-bond acceptors (Lipinski definition) is 3. The van der Waals surface area contributed by atoms with Crippen LogP contribution in [0.25, 0.3) is 0 Å². The average Bonchev–Trinajstić information content (AvgIpc) is 3.38. The SMILES string of the molecule is Cc1ccc(OCC(=O)N2CCC(c3nccn3CC3CC3)CC2)cc1C. The zero-order valence-electron chi connectivity index (χ0n) is 16.4. The first kappa shape index (κ1) is 18.1. The molecule has 1 aliphatic carbocycles. The molecule has 0 bridgehead atoms. The van der Waals surface area contributed by atoms with Crippen molar-refractivity contribution in [2.75, 3.05) is 19.7 Å². The lowest BCUT2D eigenvalue weighted by Crippen LogP contribution is -2.40. The van der Waals surface area contributed by atoms with Gasteiger partial charge < -0.3 is 14.2 Å². The number of carbonyl (C=O) groups excluding carboxylic acids is 1. The van der Waals surface area contributed by atoms with E-state index in [9.17, 15) is 4.79 Å². The highest BCUT2D eigenvalue weighted by Crippen LogP contribution is 2.33. The van der Waals surface area contributed by atoms with Gasteiger partial charge in [-0.1, -0.05) is 6.07 Å². The largest absolute Gasteiger partial charge is 0.484 e. The molecule has 0 radical (unpaired) electrons. The predicted octanol–water partition coefficient (Wildman–Crippen LogP) is 3.69. The summed E-state index contributed by atoms with van der Waals surface area (Å²) in [5, 5.41) is 0. The molecule has 2 aliphatic rings. The van der Waals surface area contributed by atoms with Gasteiger partial charge in [0.1, 0.15) is 11.6 Å². The maximum absolute atomic E-state index is 12.5. The topological polar surface area (TPSA) is 47.4 Å². The lowest BCUT2D eigenvalue weighted by molar-refractivity contribution is -0.134. The van der Waals surface area contributed by atoms with Crippen molar-refractivity contribution in [3.05, 3.63) is 47.5 Å². The molecular formula is C22H29N3O2. The van der Waals surface area contributed by atoms with Gasteiger partial charge in [0.05, 0.1) is 0 Å². The molecule has 1 aromatic heterocycles. The van der Waals surface area contributed by atoms with Gasteiger partial charge in [0.2, 0.25) is 0 Å². The first-order valence-electron chi connectivity index (χ1n) is 10.1. The number of rotatable bonds is 6. The molecule has 0 atom stereocenters. The van der Waals surface area contributed by atoms with E-state index in [1.807, 2.05) is 29.3 Å². The van der Waals surface area contributed by atoms with Crippen LogP contribution < -0.4 is 4.74 Å². The third-order valence-corrected chi connectivity index (χ3v) is 5.95. The van der Waals surface area contributed by atoms with Crippen molar-refractivity contribution in [2.45, 2.75) is 52.0 Å². The number of likely N-dealkylation sites (tertiary alicyclic amines) is 1. The summed E-state index contributed by atoms with van der Waals surface area (Å²) in [7, 11) is 0. The van der Waals surface area contributed by atoms with Crippen molar-refractivity contribution in [1.29, 1.82) is 0 Å². The molecule has 5 nitrogen and oxygen atoms in total. The summed E-state index contributed by atoms with van der Waals surface area (Å²) < 4.78 is 8.05. The number of carbonyl (C=O) groups is 1. The van der Waals surface area contributed by atoms with E-state index < -0.39 is 0 Å².